The third kappa shape index (κ3) is 11.3. The summed E-state index contributed by atoms with van der Waals surface area (Å²) < 4.78 is 15.0. The van der Waals surface area contributed by atoms with E-state index in [-0.39, 0.29) is 5.97 Å². The molecule has 0 aliphatic heterocycles. The molecule has 0 rings (SSSR count). The third-order valence-electron chi connectivity index (χ3n) is 1.71. The molecular weight excluding hydrogens is 198 g/mol. The van der Waals surface area contributed by atoms with Crippen molar-refractivity contribution in [2.75, 3.05) is 47.1 Å². The summed E-state index contributed by atoms with van der Waals surface area (Å²) in [6.07, 6.45) is 1.27. The van der Waals surface area contributed by atoms with Crippen LogP contribution in [0.3, 0.4) is 0 Å². The van der Waals surface area contributed by atoms with Crippen LogP contribution in [0.4, 0.5) is 0 Å². The summed E-state index contributed by atoms with van der Waals surface area (Å²) in [5.41, 5.74) is 0. The number of carbonyl (C=O) groups is 1. The van der Waals surface area contributed by atoms with Gasteiger partial charge >= 0.3 is 5.97 Å². The standard InChI is InChI=1S/C10H21NO4/c1-11-5-4-10(12)15-9-8-14-7-3-6-13-2/h11H,3-9H2,1-2H3. The number of carbonyl (C=O) groups excluding carboxylic acids is 1. The van der Waals surface area contributed by atoms with Crippen LogP contribution in [0.15, 0.2) is 0 Å². The molecule has 0 unspecified atom stereocenters. The van der Waals surface area contributed by atoms with Crippen LogP contribution in [-0.2, 0) is 19.0 Å². The number of rotatable bonds is 10. The van der Waals surface area contributed by atoms with Gasteiger partial charge in [-0.2, -0.15) is 0 Å². The van der Waals surface area contributed by atoms with Crippen molar-refractivity contribution in [3.63, 3.8) is 0 Å². The Morgan fingerprint density at radius 2 is 2.00 bits per heavy atom. The first kappa shape index (κ1) is 14.3. The molecule has 0 aliphatic rings. The summed E-state index contributed by atoms with van der Waals surface area (Å²) in [4.78, 5) is 11.0. The molecule has 0 saturated heterocycles. The zero-order chi connectivity index (χ0) is 11.4. The highest BCUT2D eigenvalue weighted by atomic mass is 16.6. The lowest BCUT2D eigenvalue weighted by Crippen LogP contribution is -2.17. The van der Waals surface area contributed by atoms with Crippen LogP contribution in [0.25, 0.3) is 0 Å². The van der Waals surface area contributed by atoms with Crippen LogP contribution >= 0.6 is 0 Å². The Hall–Kier alpha value is -0.650. The van der Waals surface area contributed by atoms with Gasteiger partial charge in [-0.05, 0) is 13.5 Å². The Kier molecular flexibility index (Phi) is 10.9. The van der Waals surface area contributed by atoms with Crippen LogP contribution in [0.2, 0.25) is 0 Å². The summed E-state index contributed by atoms with van der Waals surface area (Å²) in [7, 11) is 3.45. The van der Waals surface area contributed by atoms with E-state index in [2.05, 4.69) is 5.32 Å². The van der Waals surface area contributed by atoms with Crippen LogP contribution in [0.5, 0.6) is 0 Å². The number of methoxy groups -OCH3 is 1. The van der Waals surface area contributed by atoms with Crippen molar-refractivity contribution in [1.82, 2.24) is 5.32 Å². The molecule has 0 aliphatic carbocycles. The highest BCUT2D eigenvalue weighted by Gasteiger charge is 2.00. The molecule has 0 aromatic carbocycles. The van der Waals surface area contributed by atoms with E-state index in [0.29, 0.717) is 39.4 Å². The van der Waals surface area contributed by atoms with E-state index in [9.17, 15) is 4.79 Å². The molecule has 0 fully saturated rings. The van der Waals surface area contributed by atoms with Gasteiger partial charge in [-0.3, -0.25) is 4.79 Å². The summed E-state index contributed by atoms with van der Waals surface area (Å²) in [6, 6.07) is 0. The van der Waals surface area contributed by atoms with Crippen LogP contribution in [0.1, 0.15) is 12.8 Å². The quantitative estimate of drug-likeness (QED) is 0.420. The smallest absolute Gasteiger partial charge is 0.307 e. The van der Waals surface area contributed by atoms with Gasteiger partial charge in [-0.1, -0.05) is 0 Å². The molecule has 0 aromatic rings. The molecule has 0 amide bonds. The molecule has 0 spiro atoms. The van der Waals surface area contributed by atoms with Crippen LogP contribution < -0.4 is 5.32 Å². The number of hydrogen-bond donors (Lipinski definition) is 1. The SMILES string of the molecule is CNCCC(=O)OCCOCCCOC. The van der Waals surface area contributed by atoms with Crippen molar-refractivity contribution in [3.05, 3.63) is 0 Å². The Balaban J connectivity index is 3.06. The normalized spacial score (nSPS) is 10.3. The van der Waals surface area contributed by atoms with Gasteiger partial charge in [0.15, 0.2) is 0 Å². The lowest BCUT2D eigenvalue weighted by Gasteiger charge is -2.05. The molecule has 1 N–H and O–H groups in total. The van der Waals surface area contributed by atoms with E-state index in [4.69, 9.17) is 14.2 Å². The fourth-order valence-electron chi connectivity index (χ4n) is 0.921. The van der Waals surface area contributed by atoms with Crippen LogP contribution in [-0.4, -0.2) is 53.1 Å². The molecule has 0 heterocycles. The fourth-order valence-corrected chi connectivity index (χ4v) is 0.921. The molecule has 0 saturated carbocycles. The maximum atomic E-state index is 11.0. The Bertz CT molecular complexity index is 152. The van der Waals surface area contributed by atoms with Crippen molar-refractivity contribution in [2.24, 2.45) is 0 Å². The van der Waals surface area contributed by atoms with E-state index in [1.54, 1.807) is 14.2 Å². The van der Waals surface area contributed by atoms with Gasteiger partial charge in [0.05, 0.1) is 13.0 Å². The van der Waals surface area contributed by atoms with E-state index in [1.807, 2.05) is 0 Å². The van der Waals surface area contributed by atoms with Crippen LogP contribution in [0, 0.1) is 0 Å². The van der Waals surface area contributed by atoms with Gasteiger partial charge < -0.3 is 19.5 Å². The minimum atomic E-state index is -0.190. The van der Waals surface area contributed by atoms with Crippen molar-refractivity contribution < 1.29 is 19.0 Å². The van der Waals surface area contributed by atoms with Gasteiger partial charge in [-0.25, -0.2) is 0 Å². The summed E-state index contributed by atoms with van der Waals surface area (Å²) in [6.45, 7) is 2.77. The third-order valence-corrected chi connectivity index (χ3v) is 1.71. The van der Waals surface area contributed by atoms with Crippen molar-refractivity contribution in [3.8, 4) is 0 Å². The fraction of sp³-hybridized carbons (Fsp3) is 0.900. The number of hydrogen-bond acceptors (Lipinski definition) is 5. The van der Waals surface area contributed by atoms with Gasteiger partial charge in [0.25, 0.3) is 0 Å². The van der Waals surface area contributed by atoms with E-state index in [0.717, 1.165) is 6.42 Å². The zero-order valence-corrected chi connectivity index (χ0v) is 9.58. The zero-order valence-electron chi connectivity index (χ0n) is 9.58. The minimum Gasteiger partial charge on any atom is -0.463 e. The van der Waals surface area contributed by atoms with Gasteiger partial charge in [0.1, 0.15) is 6.61 Å². The number of ether oxygens (including phenoxy) is 3. The lowest BCUT2D eigenvalue weighted by atomic mass is 10.4. The maximum absolute atomic E-state index is 11.0. The predicted molar refractivity (Wildman–Crippen MR) is 56.8 cm³/mol. The Morgan fingerprint density at radius 1 is 1.20 bits per heavy atom. The van der Waals surface area contributed by atoms with E-state index >= 15 is 0 Å². The average Bonchev–Trinajstić information content (AvgIpc) is 2.25. The summed E-state index contributed by atoms with van der Waals surface area (Å²) in [5.74, 6) is -0.190. The van der Waals surface area contributed by atoms with Crippen molar-refractivity contribution >= 4 is 5.97 Å². The molecule has 0 radical (unpaired) electrons. The second kappa shape index (κ2) is 11.4. The number of nitrogens with one attached hydrogen (secondary N) is 1. The molecule has 5 heteroatoms. The largest absolute Gasteiger partial charge is 0.463 e. The summed E-state index contributed by atoms with van der Waals surface area (Å²) in [5, 5.41) is 2.88. The van der Waals surface area contributed by atoms with E-state index < -0.39 is 0 Å². The topological polar surface area (TPSA) is 56.8 Å². The molecule has 0 bridgehead atoms. The molecule has 0 atom stereocenters. The van der Waals surface area contributed by atoms with Crippen molar-refractivity contribution in [2.45, 2.75) is 12.8 Å². The van der Waals surface area contributed by atoms with Gasteiger partial charge in [0, 0.05) is 26.9 Å². The lowest BCUT2D eigenvalue weighted by molar-refractivity contribution is -0.145. The first-order valence-corrected chi connectivity index (χ1v) is 5.18. The molecule has 0 aromatic heterocycles. The Morgan fingerprint density at radius 3 is 2.67 bits per heavy atom. The van der Waals surface area contributed by atoms with Crippen molar-refractivity contribution in [1.29, 1.82) is 0 Å². The molecule has 90 valence electrons. The highest BCUT2D eigenvalue weighted by molar-refractivity contribution is 5.69. The summed E-state index contributed by atoms with van der Waals surface area (Å²) >= 11 is 0. The minimum absolute atomic E-state index is 0.190. The highest BCUT2D eigenvalue weighted by Crippen LogP contribution is 1.87. The molecule has 5 nitrogen and oxygen atoms in total. The molecular formula is C10H21NO4. The first-order chi connectivity index (χ1) is 7.31. The average molecular weight is 219 g/mol. The monoisotopic (exact) mass is 219 g/mol. The second-order valence-corrected chi connectivity index (χ2v) is 3.03. The molecule has 15 heavy (non-hydrogen) atoms. The van der Waals surface area contributed by atoms with Gasteiger partial charge in [0.2, 0.25) is 0 Å². The maximum Gasteiger partial charge on any atom is 0.307 e. The predicted octanol–water partition coefficient (Wildman–Crippen LogP) is 0.192. The van der Waals surface area contributed by atoms with E-state index in [1.165, 1.54) is 0 Å². The first-order valence-electron chi connectivity index (χ1n) is 5.18. The Labute approximate surface area is 91.1 Å². The second-order valence-electron chi connectivity index (χ2n) is 3.03. The number of esters is 1. The van der Waals surface area contributed by atoms with Gasteiger partial charge in [-0.15, -0.1) is 0 Å².